The summed E-state index contributed by atoms with van der Waals surface area (Å²) < 4.78 is 4.99. The predicted molar refractivity (Wildman–Crippen MR) is 97.7 cm³/mol. The maximum absolute atomic E-state index is 12.2. The van der Waals surface area contributed by atoms with Gasteiger partial charge in [0.25, 0.3) is 0 Å². The van der Waals surface area contributed by atoms with Crippen LogP contribution in [0.5, 0.6) is 0 Å². The highest BCUT2D eigenvalue weighted by atomic mass is 32.1. The molecule has 2 aromatic heterocycles. The fourth-order valence-electron chi connectivity index (χ4n) is 2.97. The largest absolute Gasteiger partial charge is 0.387 e. The summed E-state index contributed by atoms with van der Waals surface area (Å²) in [4.78, 5) is 15.3. The van der Waals surface area contributed by atoms with Gasteiger partial charge in [-0.2, -0.15) is 0 Å². The number of aliphatic hydroxyl groups is 1. The van der Waals surface area contributed by atoms with Gasteiger partial charge in [0.05, 0.1) is 12.6 Å². The van der Waals surface area contributed by atoms with Crippen molar-refractivity contribution in [3.63, 3.8) is 0 Å². The number of aliphatic hydroxyl groups excluding tert-OH is 1. The number of hydrogen-bond acceptors (Lipinski definition) is 8. The summed E-state index contributed by atoms with van der Waals surface area (Å²) in [5.74, 6) is 0.176. The number of rotatable bonds is 7. The van der Waals surface area contributed by atoms with Crippen molar-refractivity contribution < 1.29 is 14.6 Å². The molecule has 2 aromatic rings. The number of anilines is 1. The molecule has 0 saturated carbocycles. The van der Waals surface area contributed by atoms with Crippen LogP contribution in [0.25, 0.3) is 0 Å². The van der Waals surface area contributed by atoms with Crippen molar-refractivity contribution in [3.05, 3.63) is 27.4 Å². The first-order valence-corrected chi connectivity index (χ1v) is 9.90. The van der Waals surface area contributed by atoms with E-state index in [4.69, 9.17) is 4.74 Å². The van der Waals surface area contributed by atoms with Gasteiger partial charge in [-0.3, -0.25) is 15.0 Å². The molecule has 1 atom stereocenters. The first kappa shape index (κ1) is 18.4. The van der Waals surface area contributed by atoms with E-state index in [1.54, 1.807) is 18.4 Å². The Morgan fingerprint density at radius 2 is 2.28 bits per heavy atom. The number of methoxy groups -OCH3 is 1. The number of ether oxygens (including phenoxy) is 1. The van der Waals surface area contributed by atoms with E-state index in [2.05, 4.69) is 20.4 Å². The molecule has 0 spiro atoms. The van der Waals surface area contributed by atoms with Crippen molar-refractivity contribution in [2.45, 2.75) is 25.6 Å². The highest BCUT2D eigenvalue weighted by molar-refractivity contribution is 7.15. The number of aromatic nitrogens is 2. The zero-order valence-corrected chi connectivity index (χ0v) is 15.7. The fourth-order valence-corrected chi connectivity index (χ4v) is 4.50. The zero-order chi connectivity index (χ0) is 17.6. The molecule has 0 radical (unpaired) electrons. The van der Waals surface area contributed by atoms with E-state index < -0.39 is 6.10 Å². The Balaban J connectivity index is 1.43. The Kier molecular flexibility index (Phi) is 6.49. The van der Waals surface area contributed by atoms with Gasteiger partial charge in [-0.1, -0.05) is 17.4 Å². The minimum atomic E-state index is -0.392. The van der Waals surface area contributed by atoms with Crippen LogP contribution in [-0.2, 0) is 16.1 Å². The molecule has 9 heteroatoms. The zero-order valence-electron chi connectivity index (χ0n) is 14.1. The van der Waals surface area contributed by atoms with E-state index >= 15 is 0 Å². The molecule has 7 nitrogen and oxygen atoms in total. The van der Waals surface area contributed by atoms with Gasteiger partial charge in [-0.15, -0.1) is 21.5 Å². The number of nitrogens with one attached hydrogen (secondary N) is 1. The molecule has 1 saturated heterocycles. The molecule has 136 valence electrons. The monoisotopic (exact) mass is 382 g/mol. The van der Waals surface area contributed by atoms with Crippen LogP contribution in [0.3, 0.4) is 0 Å². The summed E-state index contributed by atoms with van der Waals surface area (Å²) in [6, 6.07) is 3.95. The lowest BCUT2D eigenvalue weighted by Gasteiger charge is -2.33. The minimum Gasteiger partial charge on any atom is -0.387 e. The lowest BCUT2D eigenvalue weighted by molar-refractivity contribution is -0.117. The van der Waals surface area contributed by atoms with Crippen molar-refractivity contribution >= 4 is 33.7 Å². The van der Waals surface area contributed by atoms with Gasteiger partial charge in [-0.25, -0.2) is 0 Å². The van der Waals surface area contributed by atoms with E-state index in [0.717, 1.165) is 35.8 Å². The van der Waals surface area contributed by atoms with Crippen molar-refractivity contribution in [3.8, 4) is 0 Å². The molecule has 1 aliphatic rings. The van der Waals surface area contributed by atoms with E-state index in [-0.39, 0.29) is 11.8 Å². The molecule has 1 aliphatic heterocycles. The second kappa shape index (κ2) is 8.81. The van der Waals surface area contributed by atoms with E-state index in [0.29, 0.717) is 18.3 Å². The molecule has 1 amide bonds. The second-order valence-corrected chi connectivity index (χ2v) is 8.10. The summed E-state index contributed by atoms with van der Waals surface area (Å²) in [7, 11) is 1.60. The highest BCUT2D eigenvalue weighted by Crippen LogP contribution is 2.32. The van der Waals surface area contributed by atoms with Crippen molar-refractivity contribution in [2.24, 2.45) is 5.92 Å². The van der Waals surface area contributed by atoms with Crippen LogP contribution in [0.1, 0.15) is 28.8 Å². The number of piperidine rings is 1. The van der Waals surface area contributed by atoms with Crippen molar-refractivity contribution in [1.29, 1.82) is 0 Å². The molecule has 0 aliphatic carbocycles. The van der Waals surface area contributed by atoms with Crippen LogP contribution in [0.2, 0.25) is 0 Å². The quantitative estimate of drug-likeness (QED) is 0.763. The average Bonchev–Trinajstić information content (AvgIpc) is 3.27. The van der Waals surface area contributed by atoms with Gasteiger partial charge >= 0.3 is 0 Å². The van der Waals surface area contributed by atoms with Crippen LogP contribution < -0.4 is 5.32 Å². The Morgan fingerprint density at radius 1 is 1.48 bits per heavy atom. The second-order valence-electron chi connectivity index (χ2n) is 6.06. The molecular formula is C16H22N4O3S2. The SMILES string of the molecule is COCc1nnc(NC(=O)CN2CCC(C(O)c3cccs3)CC2)s1. The number of carbonyl (C=O) groups is 1. The van der Waals surface area contributed by atoms with Crippen LogP contribution in [0, 0.1) is 5.92 Å². The molecule has 2 N–H and O–H groups in total. The maximum atomic E-state index is 12.2. The van der Waals surface area contributed by atoms with Crippen molar-refractivity contribution in [2.75, 3.05) is 32.1 Å². The highest BCUT2D eigenvalue weighted by Gasteiger charge is 2.27. The molecule has 0 aromatic carbocycles. The molecule has 25 heavy (non-hydrogen) atoms. The summed E-state index contributed by atoms with van der Waals surface area (Å²) in [5, 5.41) is 24.3. The topological polar surface area (TPSA) is 87.6 Å². The number of nitrogens with zero attached hydrogens (tertiary/aromatic N) is 3. The first-order chi connectivity index (χ1) is 12.2. The lowest BCUT2D eigenvalue weighted by atomic mass is 9.90. The van der Waals surface area contributed by atoms with Crippen LogP contribution >= 0.6 is 22.7 Å². The van der Waals surface area contributed by atoms with E-state index in [1.807, 2.05) is 17.5 Å². The van der Waals surface area contributed by atoms with Gasteiger partial charge in [-0.05, 0) is 43.3 Å². The van der Waals surface area contributed by atoms with Crippen LogP contribution in [0.4, 0.5) is 5.13 Å². The molecule has 1 fully saturated rings. The summed E-state index contributed by atoms with van der Waals surface area (Å²) in [5.41, 5.74) is 0. The minimum absolute atomic E-state index is 0.0858. The fraction of sp³-hybridized carbons (Fsp3) is 0.562. The molecule has 3 rings (SSSR count). The average molecular weight is 383 g/mol. The van der Waals surface area contributed by atoms with Crippen molar-refractivity contribution in [1.82, 2.24) is 15.1 Å². The van der Waals surface area contributed by atoms with Gasteiger partial charge < -0.3 is 9.84 Å². The van der Waals surface area contributed by atoms with E-state index in [9.17, 15) is 9.90 Å². The Morgan fingerprint density at radius 3 is 2.96 bits per heavy atom. The third kappa shape index (κ3) is 5.05. The maximum Gasteiger partial charge on any atom is 0.240 e. The van der Waals surface area contributed by atoms with Gasteiger partial charge in [0.1, 0.15) is 11.6 Å². The Hall–Kier alpha value is -1.39. The first-order valence-electron chi connectivity index (χ1n) is 8.20. The third-order valence-electron chi connectivity index (χ3n) is 4.26. The third-order valence-corrected chi connectivity index (χ3v) is 6.02. The van der Waals surface area contributed by atoms with Gasteiger partial charge in [0.2, 0.25) is 11.0 Å². The Labute approximate surface area is 154 Å². The van der Waals surface area contributed by atoms with Gasteiger partial charge in [0, 0.05) is 12.0 Å². The summed E-state index contributed by atoms with van der Waals surface area (Å²) >= 11 is 2.92. The summed E-state index contributed by atoms with van der Waals surface area (Å²) in [6.45, 7) is 2.35. The molecule has 3 heterocycles. The number of amides is 1. The molecule has 1 unspecified atom stereocenters. The smallest absolute Gasteiger partial charge is 0.240 e. The molecule has 0 bridgehead atoms. The standard InChI is InChI=1S/C16H22N4O3S2/c1-23-10-14-18-19-16(25-14)17-13(21)9-20-6-4-11(5-7-20)15(22)12-3-2-8-24-12/h2-3,8,11,15,22H,4-7,9-10H2,1H3,(H,17,19,21). The van der Waals surface area contributed by atoms with Gasteiger partial charge in [0.15, 0.2) is 0 Å². The van der Waals surface area contributed by atoms with Crippen LogP contribution in [0.15, 0.2) is 17.5 Å². The number of thiophene rings is 1. The number of likely N-dealkylation sites (tertiary alicyclic amines) is 1. The van der Waals surface area contributed by atoms with Crippen LogP contribution in [-0.4, -0.2) is 52.9 Å². The Bertz CT molecular complexity index is 669. The lowest BCUT2D eigenvalue weighted by Crippen LogP contribution is -2.40. The van der Waals surface area contributed by atoms with E-state index in [1.165, 1.54) is 11.3 Å². The predicted octanol–water partition coefficient (Wildman–Crippen LogP) is 2.13. The molecular weight excluding hydrogens is 360 g/mol. The normalized spacial score (nSPS) is 17.5. The number of hydrogen-bond donors (Lipinski definition) is 2. The summed E-state index contributed by atoms with van der Waals surface area (Å²) in [6.07, 6.45) is 1.39. The number of carbonyl (C=O) groups excluding carboxylic acids is 1.